The van der Waals surface area contributed by atoms with Gasteiger partial charge in [0.15, 0.2) is 5.69 Å². The van der Waals surface area contributed by atoms with Gasteiger partial charge in [-0.2, -0.15) is 0 Å². The first-order valence-electron chi connectivity index (χ1n) is 3.65. The van der Waals surface area contributed by atoms with Crippen LogP contribution in [0.2, 0.25) is 0 Å². The van der Waals surface area contributed by atoms with Gasteiger partial charge in [-0.3, -0.25) is 0 Å². The summed E-state index contributed by atoms with van der Waals surface area (Å²) in [6, 6.07) is 2.90. The van der Waals surface area contributed by atoms with Gasteiger partial charge in [-0.25, -0.2) is 9.78 Å². The van der Waals surface area contributed by atoms with Gasteiger partial charge in [-0.15, -0.1) is 5.06 Å². The number of aromatic hydroxyl groups is 1. The van der Waals surface area contributed by atoms with E-state index in [1.165, 1.54) is 23.4 Å². The molecular formula is C8H10N2O3. The van der Waals surface area contributed by atoms with Crippen molar-refractivity contribution in [3.8, 4) is 5.75 Å². The van der Waals surface area contributed by atoms with Crippen LogP contribution in [0.3, 0.4) is 0 Å². The third-order valence-electron chi connectivity index (χ3n) is 1.25. The Balaban J connectivity index is 2.83. The topological polar surface area (TPSA) is 62.7 Å². The molecular weight excluding hydrogens is 172 g/mol. The van der Waals surface area contributed by atoms with Gasteiger partial charge in [0.05, 0.1) is 0 Å². The lowest BCUT2D eigenvalue weighted by Gasteiger charge is -2.09. The molecule has 0 spiro atoms. The van der Waals surface area contributed by atoms with Gasteiger partial charge in [0, 0.05) is 20.3 Å². The summed E-state index contributed by atoms with van der Waals surface area (Å²) in [5, 5.41) is 10.4. The summed E-state index contributed by atoms with van der Waals surface area (Å²) >= 11 is 0. The minimum Gasteiger partial charge on any atom is -0.505 e. The van der Waals surface area contributed by atoms with Crippen LogP contribution in [0, 0.1) is 0 Å². The molecule has 0 saturated heterocycles. The van der Waals surface area contributed by atoms with Gasteiger partial charge < -0.3 is 9.94 Å². The Hall–Kier alpha value is -1.62. The van der Waals surface area contributed by atoms with Crippen molar-refractivity contribution >= 4 is 5.97 Å². The minimum absolute atomic E-state index is 0.0869. The Morgan fingerprint density at radius 2 is 2.31 bits per heavy atom. The third-order valence-corrected chi connectivity index (χ3v) is 1.25. The van der Waals surface area contributed by atoms with Gasteiger partial charge in [-0.1, -0.05) is 0 Å². The van der Waals surface area contributed by atoms with E-state index in [2.05, 4.69) is 9.82 Å². The molecule has 0 amide bonds. The van der Waals surface area contributed by atoms with Gasteiger partial charge in [0.2, 0.25) is 0 Å². The maximum absolute atomic E-state index is 11.2. The smallest absolute Gasteiger partial charge is 0.379 e. The number of hydrogen-bond donors (Lipinski definition) is 1. The summed E-state index contributed by atoms with van der Waals surface area (Å²) in [4.78, 5) is 19.6. The van der Waals surface area contributed by atoms with Crippen LogP contribution < -0.4 is 0 Å². The molecule has 1 rings (SSSR count). The maximum Gasteiger partial charge on any atom is 0.379 e. The molecule has 0 unspecified atom stereocenters. The number of pyridine rings is 1. The van der Waals surface area contributed by atoms with Crippen molar-refractivity contribution in [2.45, 2.75) is 0 Å². The average molecular weight is 182 g/mol. The van der Waals surface area contributed by atoms with Crippen LogP contribution in [0.5, 0.6) is 5.75 Å². The first kappa shape index (κ1) is 9.47. The lowest BCUT2D eigenvalue weighted by Crippen LogP contribution is -2.19. The molecule has 1 heterocycles. The Morgan fingerprint density at radius 3 is 2.85 bits per heavy atom. The second kappa shape index (κ2) is 3.86. The molecule has 0 radical (unpaired) electrons. The quantitative estimate of drug-likeness (QED) is 0.671. The number of hydroxylamine groups is 2. The second-order valence-electron chi connectivity index (χ2n) is 2.56. The maximum atomic E-state index is 11.2. The van der Waals surface area contributed by atoms with E-state index in [0.29, 0.717) is 0 Å². The highest BCUT2D eigenvalue weighted by molar-refractivity contribution is 5.89. The number of rotatable bonds is 2. The van der Waals surface area contributed by atoms with Gasteiger partial charge >= 0.3 is 5.97 Å². The molecule has 0 bridgehead atoms. The van der Waals surface area contributed by atoms with E-state index in [4.69, 9.17) is 0 Å². The van der Waals surface area contributed by atoms with E-state index in [1.54, 1.807) is 14.1 Å². The fourth-order valence-electron chi connectivity index (χ4n) is 0.763. The third kappa shape index (κ3) is 2.41. The molecule has 13 heavy (non-hydrogen) atoms. The van der Waals surface area contributed by atoms with Crippen LogP contribution in [0.15, 0.2) is 18.3 Å². The SMILES string of the molecule is CN(C)OC(=O)c1ncccc1O. The van der Waals surface area contributed by atoms with E-state index >= 15 is 0 Å². The monoisotopic (exact) mass is 182 g/mol. The molecule has 5 nitrogen and oxygen atoms in total. The molecule has 70 valence electrons. The van der Waals surface area contributed by atoms with E-state index in [-0.39, 0.29) is 11.4 Å². The van der Waals surface area contributed by atoms with Crippen LogP contribution in [-0.2, 0) is 4.84 Å². The fourth-order valence-corrected chi connectivity index (χ4v) is 0.763. The lowest BCUT2D eigenvalue weighted by molar-refractivity contribution is -0.0720. The predicted octanol–water partition coefficient (Wildman–Crippen LogP) is 0.421. The Kier molecular flexibility index (Phi) is 2.81. The standard InChI is InChI=1S/C8H10N2O3/c1-10(2)13-8(12)7-6(11)4-3-5-9-7/h3-5,11H,1-2H3. The Bertz CT molecular complexity index is 312. The van der Waals surface area contributed by atoms with Gasteiger partial charge in [0.1, 0.15) is 5.75 Å². The summed E-state index contributed by atoms with van der Waals surface area (Å²) in [6.07, 6.45) is 1.41. The van der Waals surface area contributed by atoms with E-state index in [0.717, 1.165) is 0 Å². The molecule has 5 heteroatoms. The number of carbonyl (C=O) groups excluding carboxylic acids is 1. The van der Waals surface area contributed by atoms with E-state index in [9.17, 15) is 9.90 Å². The highest BCUT2D eigenvalue weighted by Gasteiger charge is 2.14. The number of nitrogens with zero attached hydrogens (tertiary/aromatic N) is 2. The summed E-state index contributed by atoms with van der Waals surface area (Å²) in [7, 11) is 3.13. The first-order valence-corrected chi connectivity index (χ1v) is 3.65. The van der Waals surface area contributed by atoms with Gasteiger partial charge in [-0.05, 0) is 12.1 Å². The molecule has 1 aromatic heterocycles. The van der Waals surface area contributed by atoms with Crippen molar-refractivity contribution in [3.63, 3.8) is 0 Å². The van der Waals surface area contributed by atoms with Crippen LogP contribution in [0.4, 0.5) is 0 Å². The first-order chi connectivity index (χ1) is 6.11. The molecule has 0 aliphatic carbocycles. The van der Waals surface area contributed by atoms with Crippen LogP contribution >= 0.6 is 0 Å². The Morgan fingerprint density at radius 1 is 1.62 bits per heavy atom. The molecule has 1 N–H and O–H groups in total. The zero-order valence-corrected chi connectivity index (χ0v) is 7.39. The molecule has 0 aliphatic rings. The number of carbonyl (C=O) groups is 1. The zero-order valence-electron chi connectivity index (χ0n) is 7.39. The summed E-state index contributed by atoms with van der Waals surface area (Å²) in [5.41, 5.74) is -0.0869. The van der Waals surface area contributed by atoms with Crippen molar-refractivity contribution in [3.05, 3.63) is 24.0 Å². The Labute approximate surface area is 75.5 Å². The minimum atomic E-state index is -0.678. The second-order valence-corrected chi connectivity index (χ2v) is 2.56. The largest absolute Gasteiger partial charge is 0.505 e. The molecule has 0 aliphatic heterocycles. The molecule has 0 atom stereocenters. The van der Waals surface area contributed by atoms with Crippen molar-refractivity contribution < 1.29 is 14.7 Å². The molecule has 1 aromatic rings. The van der Waals surface area contributed by atoms with Crippen LogP contribution in [-0.4, -0.2) is 35.2 Å². The fraction of sp³-hybridized carbons (Fsp3) is 0.250. The van der Waals surface area contributed by atoms with E-state index < -0.39 is 5.97 Å². The van der Waals surface area contributed by atoms with Crippen molar-refractivity contribution in [2.24, 2.45) is 0 Å². The number of hydrogen-bond acceptors (Lipinski definition) is 5. The molecule has 0 aromatic carbocycles. The predicted molar refractivity (Wildman–Crippen MR) is 45.0 cm³/mol. The highest BCUT2D eigenvalue weighted by atomic mass is 16.7. The number of aromatic nitrogens is 1. The van der Waals surface area contributed by atoms with Crippen molar-refractivity contribution in [1.29, 1.82) is 0 Å². The highest BCUT2D eigenvalue weighted by Crippen LogP contribution is 2.13. The molecule has 0 saturated carbocycles. The summed E-state index contributed by atoms with van der Waals surface area (Å²) in [5.74, 6) is -0.863. The summed E-state index contributed by atoms with van der Waals surface area (Å²) in [6.45, 7) is 0. The normalized spacial score (nSPS) is 10.1. The lowest BCUT2D eigenvalue weighted by atomic mass is 10.3. The van der Waals surface area contributed by atoms with Crippen LogP contribution in [0.25, 0.3) is 0 Å². The zero-order chi connectivity index (χ0) is 9.84. The average Bonchev–Trinajstić information content (AvgIpc) is 2.03. The van der Waals surface area contributed by atoms with Crippen molar-refractivity contribution in [2.75, 3.05) is 14.1 Å². The van der Waals surface area contributed by atoms with E-state index in [1.807, 2.05) is 0 Å². The van der Waals surface area contributed by atoms with Crippen molar-refractivity contribution in [1.82, 2.24) is 10.0 Å². The summed E-state index contributed by atoms with van der Waals surface area (Å²) < 4.78 is 0. The molecule has 0 fully saturated rings. The van der Waals surface area contributed by atoms with Gasteiger partial charge in [0.25, 0.3) is 0 Å². The van der Waals surface area contributed by atoms with Crippen LogP contribution in [0.1, 0.15) is 10.5 Å².